The van der Waals surface area contributed by atoms with E-state index in [1.807, 2.05) is 18.2 Å². The van der Waals surface area contributed by atoms with Gasteiger partial charge in [-0.15, -0.1) is 5.10 Å². The number of ether oxygens (including phenoxy) is 1. The van der Waals surface area contributed by atoms with Gasteiger partial charge in [0.05, 0.1) is 5.56 Å². The second kappa shape index (κ2) is 7.27. The van der Waals surface area contributed by atoms with Crippen molar-refractivity contribution in [3.63, 3.8) is 0 Å². The maximum atomic E-state index is 12.6. The quantitative estimate of drug-likeness (QED) is 0.751. The second-order valence-corrected chi connectivity index (χ2v) is 5.50. The molecule has 3 rings (SSSR count). The van der Waals surface area contributed by atoms with Crippen LogP contribution in [-0.4, -0.2) is 15.4 Å². The smallest absolute Gasteiger partial charge is 0.416 e. The van der Waals surface area contributed by atoms with E-state index in [2.05, 4.69) is 15.4 Å². The van der Waals surface area contributed by atoms with Crippen molar-refractivity contribution in [3.8, 4) is 11.8 Å². The standard InChI is InChI=1S/C18H13F3N4O/c19-18(20,21)14-7-5-12(6-8-14)11-26-17-4-2-1-3-13(17)9-15-16(10-22)24-25-23-15/h1-8H,9,11H2,(H,23,24,25). The number of para-hydroxylation sites is 1. The number of H-pyrrole nitrogens is 1. The van der Waals surface area contributed by atoms with Crippen molar-refractivity contribution in [1.82, 2.24) is 15.4 Å². The Labute approximate surface area is 147 Å². The van der Waals surface area contributed by atoms with Crippen LogP contribution in [0, 0.1) is 11.3 Å². The highest BCUT2D eigenvalue weighted by molar-refractivity contribution is 5.38. The first-order valence-electron chi connectivity index (χ1n) is 7.64. The van der Waals surface area contributed by atoms with Gasteiger partial charge < -0.3 is 4.74 Å². The summed E-state index contributed by atoms with van der Waals surface area (Å²) in [7, 11) is 0. The van der Waals surface area contributed by atoms with E-state index in [4.69, 9.17) is 10.00 Å². The summed E-state index contributed by atoms with van der Waals surface area (Å²) >= 11 is 0. The van der Waals surface area contributed by atoms with Crippen LogP contribution in [0.15, 0.2) is 48.5 Å². The summed E-state index contributed by atoms with van der Waals surface area (Å²) in [5, 5.41) is 19.1. The minimum absolute atomic E-state index is 0.124. The summed E-state index contributed by atoms with van der Waals surface area (Å²) < 4.78 is 43.5. The van der Waals surface area contributed by atoms with Crippen LogP contribution >= 0.6 is 0 Å². The Kier molecular flexibility index (Phi) is 4.89. The molecule has 26 heavy (non-hydrogen) atoms. The zero-order valence-corrected chi connectivity index (χ0v) is 13.4. The molecule has 0 unspecified atom stereocenters. The van der Waals surface area contributed by atoms with Crippen LogP contribution < -0.4 is 4.74 Å². The second-order valence-electron chi connectivity index (χ2n) is 5.50. The van der Waals surface area contributed by atoms with Gasteiger partial charge in [-0.25, -0.2) is 0 Å². The summed E-state index contributed by atoms with van der Waals surface area (Å²) in [5.74, 6) is 0.569. The summed E-state index contributed by atoms with van der Waals surface area (Å²) in [6, 6.07) is 14.0. The average molecular weight is 358 g/mol. The molecule has 0 aliphatic rings. The Bertz CT molecular complexity index is 927. The van der Waals surface area contributed by atoms with Crippen LogP contribution in [0.2, 0.25) is 0 Å². The zero-order valence-electron chi connectivity index (χ0n) is 13.4. The van der Waals surface area contributed by atoms with Gasteiger partial charge in [0.15, 0.2) is 5.69 Å². The van der Waals surface area contributed by atoms with E-state index in [0.29, 0.717) is 23.4 Å². The van der Waals surface area contributed by atoms with Crippen molar-refractivity contribution in [2.45, 2.75) is 19.2 Å². The van der Waals surface area contributed by atoms with Crippen molar-refractivity contribution in [2.75, 3.05) is 0 Å². The predicted molar refractivity (Wildman–Crippen MR) is 86.1 cm³/mol. The molecule has 132 valence electrons. The normalized spacial score (nSPS) is 11.2. The number of aromatic nitrogens is 3. The first-order valence-corrected chi connectivity index (χ1v) is 7.64. The van der Waals surface area contributed by atoms with E-state index < -0.39 is 11.7 Å². The van der Waals surface area contributed by atoms with Gasteiger partial charge in [0, 0.05) is 12.0 Å². The molecule has 0 amide bonds. The molecule has 0 aliphatic carbocycles. The van der Waals surface area contributed by atoms with Crippen molar-refractivity contribution >= 4 is 0 Å². The van der Waals surface area contributed by atoms with E-state index in [1.54, 1.807) is 12.1 Å². The third-order valence-corrected chi connectivity index (χ3v) is 3.73. The lowest BCUT2D eigenvalue weighted by atomic mass is 10.1. The number of hydrogen-bond donors (Lipinski definition) is 1. The van der Waals surface area contributed by atoms with Gasteiger partial charge in [-0.2, -0.15) is 28.7 Å². The molecule has 8 heteroatoms. The molecular weight excluding hydrogens is 345 g/mol. The number of aromatic amines is 1. The number of nitrogens with one attached hydrogen (secondary N) is 1. The molecule has 1 heterocycles. The van der Waals surface area contributed by atoms with E-state index in [-0.39, 0.29) is 12.3 Å². The molecule has 2 aromatic carbocycles. The molecule has 3 aromatic rings. The molecule has 0 aliphatic heterocycles. The molecule has 1 aromatic heterocycles. The fourth-order valence-corrected chi connectivity index (χ4v) is 2.39. The molecule has 0 atom stereocenters. The Morgan fingerprint density at radius 1 is 1.04 bits per heavy atom. The summed E-state index contributed by atoms with van der Waals surface area (Å²) in [6.45, 7) is 0.124. The van der Waals surface area contributed by atoms with Crippen molar-refractivity contribution < 1.29 is 17.9 Å². The fourth-order valence-electron chi connectivity index (χ4n) is 2.39. The zero-order chi connectivity index (χ0) is 18.6. The molecule has 0 saturated heterocycles. The van der Waals surface area contributed by atoms with E-state index in [0.717, 1.165) is 17.7 Å². The van der Waals surface area contributed by atoms with Gasteiger partial charge >= 0.3 is 6.18 Å². The Morgan fingerprint density at radius 3 is 2.46 bits per heavy atom. The highest BCUT2D eigenvalue weighted by Gasteiger charge is 2.29. The number of rotatable bonds is 5. The van der Waals surface area contributed by atoms with Gasteiger partial charge in [0.2, 0.25) is 0 Å². The SMILES string of the molecule is N#Cc1n[nH]nc1Cc1ccccc1OCc1ccc(C(F)(F)F)cc1. The molecular formula is C18H13F3N4O. The Hall–Kier alpha value is -3.34. The number of nitriles is 1. The largest absolute Gasteiger partial charge is 0.489 e. The van der Waals surface area contributed by atoms with E-state index in [1.165, 1.54) is 12.1 Å². The lowest BCUT2D eigenvalue weighted by Crippen LogP contribution is -2.05. The topological polar surface area (TPSA) is 74.6 Å². The molecule has 0 saturated carbocycles. The van der Waals surface area contributed by atoms with Gasteiger partial charge in [-0.05, 0) is 23.8 Å². The van der Waals surface area contributed by atoms with Crippen LogP contribution in [0.3, 0.4) is 0 Å². The molecule has 0 fully saturated rings. The molecule has 0 radical (unpaired) electrons. The molecule has 0 spiro atoms. The lowest BCUT2D eigenvalue weighted by molar-refractivity contribution is -0.137. The summed E-state index contributed by atoms with van der Waals surface area (Å²) in [4.78, 5) is 0. The molecule has 5 nitrogen and oxygen atoms in total. The van der Waals surface area contributed by atoms with Crippen molar-refractivity contribution in [2.24, 2.45) is 0 Å². The van der Waals surface area contributed by atoms with Crippen LogP contribution in [-0.2, 0) is 19.2 Å². The summed E-state index contributed by atoms with van der Waals surface area (Å²) in [5.41, 5.74) is 1.43. The van der Waals surface area contributed by atoms with Crippen LogP contribution in [0.1, 0.15) is 28.1 Å². The number of halogens is 3. The Morgan fingerprint density at radius 2 is 1.77 bits per heavy atom. The lowest BCUT2D eigenvalue weighted by Gasteiger charge is -2.12. The highest BCUT2D eigenvalue weighted by Crippen LogP contribution is 2.29. The van der Waals surface area contributed by atoms with Gasteiger partial charge in [0.25, 0.3) is 0 Å². The minimum atomic E-state index is -4.36. The maximum Gasteiger partial charge on any atom is 0.416 e. The summed E-state index contributed by atoms with van der Waals surface area (Å²) in [6.07, 6.45) is -4.01. The first kappa shape index (κ1) is 17.5. The van der Waals surface area contributed by atoms with Crippen molar-refractivity contribution in [1.29, 1.82) is 5.26 Å². The third kappa shape index (κ3) is 4.00. The number of alkyl halides is 3. The maximum absolute atomic E-state index is 12.6. The van der Waals surface area contributed by atoms with E-state index in [9.17, 15) is 13.2 Å². The highest BCUT2D eigenvalue weighted by atomic mass is 19.4. The van der Waals surface area contributed by atoms with E-state index >= 15 is 0 Å². The molecule has 0 bridgehead atoms. The van der Waals surface area contributed by atoms with Gasteiger partial charge in [0.1, 0.15) is 24.1 Å². The number of nitrogens with zero attached hydrogens (tertiary/aromatic N) is 3. The third-order valence-electron chi connectivity index (χ3n) is 3.73. The Balaban J connectivity index is 1.72. The van der Waals surface area contributed by atoms with Crippen LogP contribution in [0.25, 0.3) is 0 Å². The van der Waals surface area contributed by atoms with Gasteiger partial charge in [-0.3, -0.25) is 0 Å². The predicted octanol–water partition coefficient (Wildman–Crippen LogP) is 3.86. The van der Waals surface area contributed by atoms with Crippen LogP contribution in [0.4, 0.5) is 13.2 Å². The van der Waals surface area contributed by atoms with Crippen LogP contribution in [0.5, 0.6) is 5.75 Å². The van der Waals surface area contributed by atoms with Gasteiger partial charge in [-0.1, -0.05) is 30.3 Å². The van der Waals surface area contributed by atoms with Crippen molar-refractivity contribution in [3.05, 3.63) is 76.6 Å². The number of benzene rings is 2. The average Bonchev–Trinajstić information content (AvgIpc) is 3.08. The molecule has 1 N–H and O–H groups in total. The number of hydrogen-bond acceptors (Lipinski definition) is 4. The first-order chi connectivity index (χ1) is 12.5. The monoisotopic (exact) mass is 358 g/mol. The fraction of sp³-hybridized carbons (Fsp3) is 0.167. The minimum Gasteiger partial charge on any atom is -0.489 e.